The van der Waals surface area contributed by atoms with Gasteiger partial charge in [-0.25, -0.2) is 4.98 Å². The van der Waals surface area contributed by atoms with E-state index in [-0.39, 0.29) is 0 Å². The molecule has 1 aromatic carbocycles. The van der Waals surface area contributed by atoms with E-state index in [1.807, 2.05) is 25.2 Å². The van der Waals surface area contributed by atoms with Crippen LogP contribution < -0.4 is 5.32 Å². The minimum Gasteiger partial charge on any atom is -0.383 e. The molecule has 0 aliphatic rings. The highest BCUT2D eigenvalue weighted by atomic mass is 16.5. The zero-order valence-electron chi connectivity index (χ0n) is 11.3. The normalized spacial score (nSPS) is 12.8. The summed E-state index contributed by atoms with van der Waals surface area (Å²) >= 11 is 0. The lowest BCUT2D eigenvalue weighted by Gasteiger charge is -2.17. The lowest BCUT2D eigenvalue weighted by atomic mass is 10.2. The van der Waals surface area contributed by atoms with E-state index in [1.165, 1.54) is 0 Å². The van der Waals surface area contributed by atoms with E-state index in [0.29, 0.717) is 12.6 Å². The van der Waals surface area contributed by atoms with Crippen molar-refractivity contribution in [1.82, 2.24) is 9.55 Å². The number of aromatic nitrogens is 2. The molecule has 98 valence electrons. The van der Waals surface area contributed by atoms with Crippen LogP contribution in [0.5, 0.6) is 0 Å². The monoisotopic (exact) mass is 247 g/mol. The second-order valence-corrected chi connectivity index (χ2v) is 4.57. The van der Waals surface area contributed by atoms with Crippen molar-refractivity contribution in [1.29, 1.82) is 0 Å². The molecular formula is C14H21N3O. The molecule has 0 spiro atoms. The molecule has 0 amide bonds. The highest BCUT2D eigenvalue weighted by molar-refractivity contribution is 5.78. The van der Waals surface area contributed by atoms with Crippen molar-refractivity contribution in [2.24, 2.45) is 7.05 Å². The smallest absolute Gasteiger partial charge is 0.203 e. The number of nitrogens with zero attached hydrogens (tertiary/aromatic N) is 2. The summed E-state index contributed by atoms with van der Waals surface area (Å²) in [5.41, 5.74) is 2.17. The Labute approximate surface area is 108 Å². The number of methoxy groups -OCH3 is 1. The summed E-state index contributed by atoms with van der Waals surface area (Å²) in [6, 6.07) is 8.48. The molecule has 0 saturated heterocycles. The number of nitrogens with one attached hydrogen (secondary N) is 1. The number of ether oxygens (including phenoxy) is 1. The highest BCUT2D eigenvalue weighted by Crippen LogP contribution is 2.18. The van der Waals surface area contributed by atoms with Crippen LogP contribution in [-0.2, 0) is 11.8 Å². The van der Waals surface area contributed by atoms with Crippen LogP contribution in [0.15, 0.2) is 24.3 Å². The van der Waals surface area contributed by atoms with Gasteiger partial charge in [0.1, 0.15) is 0 Å². The summed E-state index contributed by atoms with van der Waals surface area (Å²) in [5, 5.41) is 3.47. The van der Waals surface area contributed by atoms with Crippen LogP contribution in [0.2, 0.25) is 0 Å². The fourth-order valence-corrected chi connectivity index (χ4v) is 2.20. The highest BCUT2D eigenvalue weighted by Gasteiger charge is 2.12. The maximum atomic E-state index is 5.24. The largest absolute Gasteiger partial charge is 0.383 e. The molecule has 1 N–H and O–H groups in total. The Kier molecular flexibility index (Phi) is 4.20. The molecule has 0 saturated carbocycles. The first kappa shape index (κ1) is 12.9. The van der Waals surface area contributed by atoms with Gasteiger partial charge in [0.15, 0.2) is 0 Å². The Morgan fingerprint density at radius 3 is 2.83 bits per heavy atom. The third-order valence-corrected chi connectivity index (χ3v) is 3.13. The molecule has 18 heavy (non-hydrogen) atoms. The summed E-state index contributed by atoms with van der Waals surface area (Å²) in [6.07, 6.45) is 2.21. The van der Waals surface area contributed by atoms with Gasteiger partial charge in [-0.3, -0.25) is 0 Å². The first-order valence-corrected chi connectivity index (χ1v) is 6.43. The van der Waals surface area contributed by atoms with Gasteiger partial charge in [0.2, 0.25) is 5.95 Å². The van der Waals surface area contributed by atoms with Crippen LogP contribution in [0.4, 0.5) is 5.95 Å². The van der Waals surface area contributed by atoms with Crippen molar-refractivity contribution < 1.29 is 4.74 Å². The van der Waals surface area contributed by atoms with Gasteiger partial charge >= 0.3 is 0 Å². The van der Waals surface area contributed by atoms with Crippen LogP contribution in [-0.4, -0.2) is 29.3 Å². The topological polar surface area (TPSA) is 39.1 Å². The van der Waals surface area contributed by atoms with E-state index in [9.17, 15) is 0 Å². The lowest BCUT2D eigenvalue weighted by molar-refractivity contribution is 0.182. The lowest BCUT2D eigenvalue weighted by Crippen LogP contribution is -2.26. The predicted octanol–water partition coefficient (Wildman–Crippen LogP) is 2.80. The van der Waals surface area contributed by atoms with Crippen molar-refractivity contribution in [3.05, 3.63) is 24.3 Å². The van der Waals surface area contributed by atoms with Crippen LogP contribution in [0.1, 0.15) is 19.8 Å². The fourth-order valence-electron chi connectivity index (χ4n) is 2.20. The number of aryl methyl sites for hydroxylation is 1. The summed E-state index contributed by atoms with van der Waals surface area (Å²) in [5.74, 6) is 0.909. The summed E-state index contributed by atoms with van der Waals surface area (Å²) < 4.78 is 7.33. The summed E-state index contributed by atoms with van der Waals surface area (Å²) in [7, 11) is 3.77. The van der Waals surface area contributed by atoms with Crippen molar-refractivity contribution in [3.8, 4) is 0 Å². The molecule has 4 heteroatoms. The molecule has 1 aromatic heterocycles. The Bertz CT molecular complexity index is 501. The van der Waals surface area contributed by atoms with E-state index in [1.54, 1.807) is 7.11 Å². The van der Waals surface area contributed by atoms with Gasteiger partial charge in [0.25, 0.3) is 0 Å². The molecule has 0 aliphatic carbocycles. The molecule has 4 nitrogen and oxygen atoms in total. The van der Waals surface area contributed by atoms with Crippen molar-refractivity contribution >= 4 is 17.0 Å². The number of hydrogen-bond acceptors (Lipinski definition) is 3. The molecular weight excluding hydrogens is 226 g/mol. The summed E-state index contributed by atoms with van der Waals surface area (Å²) in [4.78, 5) is 4.61. The Hall–Kier alpha value is -1.55. The number of imidazole rings is 1. The first-order valence-electron chi connectivity index (χ1n) is 6.43. The molecule has 0 radical (unpaired) electrons. The molecule has 0 fully saturated rings. The Morgan fingerprint density at radius 2 is 2.17 bits per heavy atom. The zero-order chi connectivity index (χ0) is 13.0. The van der Waals surface area contributed by atoms with E-state index in [0.717, 1.165) is 29.8 Å². The predicted molar refractivity (Wildman–Crippen MR) is 74.9 cm³/mol. The average Bonchev–Trinajstić information content (AvgIpc) is 2.68. The van der Waals surface area contributed by atoms with Gasteiger partial charge in [-0.2, -0.15) is 0 Å². The van der Waals surface area contributed by atoms with Crippen LogP contribution in [0.25, 0.3) is 11.0 Å². The minimum absolute atomic E-state index is 0.315. The molecule has 2 rings (SSSR count). The minimum atomic E-state index is 0.315. The number of fused-ring (bicyclic) bond motifs is 1. The standard InChI is InChI=1S/C14H21N3O/c1-4-7-11(10-18-3)15-14-16-12-8-5-6-9-13(12)17(14)2/h5-6,8-9,11H,4,7,10H2,1-3H3,(H,15,16). The van der Waals surface area contributed by atoms with E-state index in [4.69, 9.17) is 4.74 Å². The Balaban J connectivity index is 2.22. The number of rotatable bonds is 6. The van der Waals surface area contributed by atoms with Crippen LogP contribution in [0.3, 0.4) is 0 Å². The second-order valence-electron chi connectivity index (χ2n) is 4.57. The maximum Gasteiger partial charge on any atom is 0.203 e. The van der Waals surface area contributed by atoms with Crippen molar-refractivity contribution in [3.63, 3.8) is 0 Å². The van der Waals surface area contributed by atoms with Gasteiger partial charge in [0, 0.05) is 14.2 Å². The van der Waals surface area contributed by atoms with Crippen LogP contribution >= 0.6 is 0 Å². The number of anilines is 1. The molecule has 1 unspecified atom stereocenters. The van der Waals surface area contributed by atoms with Crippen molar-refractivity contribution in [2.45, 2.75) is 25.8 Å². The SMILES string of the molecule is CCCC(COC)Nc1nc2ccccc2n1C. The van der Waals surface area contributed by atoms with Crippen LogP contribution in [0, 0.1) is 0 Å². The quantitative estimate of drug-likeness (QED) is 0.853. The molecule has 0 bridgehead atoms. The fraction of sp³-hybridized carbons (Fsp3) is 0.500. The molecule has 1 heterocycles. The van der Waals surface area contributed by atoms with Crippen molar-refractivity contribution in [2.75, 3.05) is 19.0 Å². The first-order chi connectivity index (χ1) is 8.76. The maximum absolute atomic E-state index is 5.24. The zero-order valence-corrected chi connectivity index (χ0v) is 11.3. The van der Waals surface area contributed by atoms with E-state index >= 15 is 0 Å². The molecule has 2 aromatic rings. The number of hydrogen-bond donors (Lipinski definition) is 1. The van der Waals surface area contributed by atoms with Gasteiger partial charge in [-0.05, 0) is 18.6 Å². The van der Waals surface area contributed by atoms with E-state index < -0.39 is 0 Å². The number of para-hydroxylation sites is 2. The second kappa shape index (κ2) is 5.87. The average molecular weight is 247 g/mol. The Morgan fingerprint density at radius 1 is 1.39 bits per heavy atom. The summed E-state index contributed by atoms with van der Waals surface area (Å²) in [6.45, 7) is 2.89. The van der Waals surface area contributed by atoms with Gasteiger partial charge in [-0.15, -0.1) is 0 Å². The molecule has 0 aliphatic heterocycles. The third-order valence-electron chi connectivity index (χ3n) is 3.13. The van der Waals surface area contributed by atoms with Gasteiger partial charge in [-0.1, -0.05) is 25.5 Å². The van der Waals surface area contributed by atoms with Gasteiger partial charge in [0.05, 0.1) is 23.7 Å². The molecule has 1 atom stereocenters. The van der Waals surface area contributed by atoms with Gasteiger partial charge < -0.3 is 14.6 Å². The number of benzene rings is 1. The van der Waals surface area contributed by atoms with E-state index in [2.05, 4.69) is 27.9 Å². The third kappa shape index (κ3) is 2.64.